The molecule has 80 valence electrons. The number of carbonyl (C=O) groups excluding carboxylic acids is 1. The minimum Gasteiger partial charge on any atom is -0.310 e. The van der Waals surface area contributed by atoms with Crippen LogP contribution in [-0.2, 0) is 5.41 Å². The van der Waals surface area contributed by atoms with E-state index < -0.39 is 0 Å². The smallest absolute Gasteiger partial charge is 0.159 e. The van der Waals surface area contributed by atoms with Crippen LogP contribution < -0.4 is 5.32 Å². The van der Waals surface area contributed by atoms with Gasteiger partial charge in [-0.1, -0.05) is 38.1 Å². The van der Waals surface area contributed by atoms with Crippen LogP contribution in [0.15, 0.2) is 24.3 Å². The van der Waals surface area contributed by atoms with Crippen molar-refractivity contribution in [2.24, 2.45) is 0 Å². The van der Waals surface area contributed by atoms with Crippen molar-refractivity contribution >= 4 is 5.78 Å². The molecular formula is C13H17NO. The number of benzene rings is 1. The SMILES string of the molecule is CC(=O)c1ccc(C(C)(C)C2CN2)cc1. The van der Waals surface area contributed by atoms with Crippen LogP contribution in [0.25, 0.3) is 0 Å². The van der Waals surface area contributed by atoms with Gasteiger partial charge in [-0.15, -0.1) is 0 Å². The van der Waals surface area contributed by atoms with Crippen molar-refractivity contribution in [2.45, 2.75) is 32.2 Å². The van der Waals surface area contributed by atoms with Gasteiger partial charge in [-0.2, -0.15) is 0 Å². The van der Waals surface area contributed by atoms with Gasteiger partial charge in [0.05, 0.1) is 0 Å². The van der Waals surface area contributed by atoms with Crippen LogP contribution in [0.5, 0.6) is 0 Å². The lowest BCUT2D eigenvalue weighted by Crippen LogP contribution is -2.26. The van der Waals surface area contributed by atoms with Gasteiger partial charge in [-0.25, -0.2) is 0 Å². The molecule has 2 heteroatoms. The van der Waals surface area contributed by atoms with Gasteiger partial charge in [0.1, 0.15) is 0 Å². The molecule has 1 fully saturated rings. The zero-order chi connectivity index (χ0) is 11.1. The molecule has 0 aliphatic carbocycles. The summed E-state index contributed by atoms with van der Waals surface area (Å²) in [5, 5.41) is 3.34. The lowest BCUT2D eigenvalue weighted by atomic mass is 9.81. The van der Waals surface area contributed by atoms with E-state index in [0.29, 0.717) is 6.04 Å². The van der Waals surface area contributed by atoms with E-state index in [-0.39, 0.29) is 11.2 Å². The third-order valence-corrected chi connectivity index (χ3v) is 3.31. The van der Waals surface area contributed by atoms with E-state index in [9.17, 15) is 4.79 Å². The molecule has 0 spiro atoms. The Morgan fingerprint density at radius 2 is 1.87 bits per heavy atom. The Bertz CT molecular complexity index is 374. The summed E-state index contributed by atoms with van der Waals surface area (Å²) in [4.78, 5) is 11.1. The summed E-state index contributed by atoms with van der Waals surface area (Å²) >= 11 is 0. The van der Waals surface area contributed by atoms with Gasteiger partial charge in [-0.3, -0.25) is 4.79 Å². The van der Waals surface area contributed by atoms with E-state index in [0.717, 1.165) is 12.1 Å². The van der Waals surface area contributed by atoms with Crippen LogP contribution >= 0.6 is 0 Å². The number of rotatable bonds is 3. The Morgan fingerprint density at radius 3 is 2.27 bits per heavy atom. The van der Waals surface area contributed by atoms with Gasteiger partial charge >= 0.3 is 0 Å². The second-order valence-electron chi connectivity index (χ2n) is 4.82. The molecule has 0 bridgehead atoms. The molecule has 0 radical (unpaired) electrons. The fourth-order valence-corrected chi connectivity index (χ4v) is 1.90. The first-order valence-electron chi connectivity index (χ1n) is 5.36. The minimum atomic E-state index is 0.129. The molecule has 1 aliphatic rings. The van der Waals surface area contributed by atoms with Crippen molar-refractivity contribution in [3.05, 3.63) is 35.4 Å². The van der Waals surface area contributed by atoms with E-state index >= 15 is 0 Å². The van der Waals surface area contributed by atoms with Crippen LogP contribution in [0.1, 0.15) is 36.7 Å². The fourth-order valence-electron chi connectivity index (χ4n) is 1.90. The quantitative estimate of drug-likeness (QED) is 0.604. The van der Waals surface area contributed by atoms with E-state index in [1.165, 1.54) is 5.56 Å². The number of carbonyl (C=O) groups is 1. The summed E-state index contributed by atoms with van der Waals surface area (Å²) in [5.74, 6) is 0.129. The highest BCUT2D eigenvalue weighted by Gasteiger charge is 2.38. The molecular weight excluding hydrogens is 186 g/mol. The number of hydrogen-bond donors (Lipinski definition) is 1. The zero-order valence-corrected chi connectivity index (χ0v) is 9.50. The zero-order valence-electron chi connectivity index (χ0n) is 9.50. The maximum Gasteiger partial charge on any atom is 0.159 e. The van der Waals surface area contributed by atoms with E-state index in [1.807, 2.05) is 12.1 Å². The third kappa shape index (κ3) is 1.95. The molecule has 1 saturated heterocycles. The van der Waals surface area contributed by atoms with Gasteiger partial charge in [0, 0.05) is 23.6 Å². The van der Waals surface area contributed by atoms with Crippen LogP contribution in [0.4, 0.5) is 0 Å². The van der Waals surface area contributed by atoms with Gasteiger partial charge in [-0.05, 0) is 12.5 Å². The van der Waals surface area contributed by atoms with Gasteiger partial charge < -0.3 is 5.32 Å². The van der Waals surface area contributed by atoms with E-state index in [2.05, 4.69) is 31.3 Å². The lowest BCUT2D eigenvalue weighted by molar-refractivity contribution is 0.101. The van der Waals surface area contributed by atoms with Crippen molar-refractivity contribution in [2.75, 3.05) is 6.54 Å². The number of hydrogen-bond acceptors (Lipinski definition) is 2. The Balaban J connectivity index is 2.26. The first-order valence-corrected chi connectivity index (χ1v) is 5.36. The predicted molar refractivity (Wildman–Crippen MR) is 61.3 cm³/mol. The largest absolute Gasteiger partial charge is 0.310 e. The highest BCUT2D eigenvalue weighted by molar-refractivity contribution is 5.94. The Morgan fingerprint density at radius 1 is 1.33 bits per heavy atom. The summed E-state index contributed by atoms with van der Waals surface area (Å²) in [5.41, 5.74) is 2.25. The monoisotopic (exact) mass is 203 g/mol. The third-order valence-electron chi connectivity index (χ3n) is 3.31. The molecule has 1 heterocycles. The molecule has 2 rings (SSSR count). The topological polar surface area (TPSA) is 39.0 Å². The molecule has 0 saturated carbocycles. The molecule has 0 amide bonds. The summed E-state index contributed by atoms with van der Waals surface area (Å²) in [7, 11) is 0. The van der Waals surface area contributed by atoms with Gasteiger partial charge in [0.2, 0.25) is 0 Å². The first kappa shape index (κ1) is 10.4. The van der Waals surface area contributed by atoms with Gasteiger partial charge in [0.25, 0.3) is 0 Å². The minimum absolute atomic E-state index is 0.129. The lowest BCUT2D eigenvalue weighted by Gasteiger charge is -2.24. The molecule has 15 heavy (non-hydrogen) atoms. The molecule has 1 N–H and O–H groups in total. The molecule has 1 unspecified atom stereocenters. The average Bonchev–Trinajstić information content (AvgIpc) is 3.01. The Labute approximate surface area is 90.7 Å². The van der Waals surface area contributed by atoms with Crippen LogP contribution in [0.2, 0.25) is 0 Å². The summed E-state index contributed by atoms with van der Waals surface area (Å²) < 4.78 is 0. The number of nitrogens with one attached hydrogen (secondary N) is 1. The fraction of sp³-hybridized carbons (Fsp3) is 0.462. The number of Topliss-reactive ketones (excluding diaryl/α,β-unsaturated/α-hetero) is 1. The highest BCUT2D eigenvalue weighted by Crippen LogP contribution is 2.31. The number of ketones is 1. The Hall–Kier alpha value is -1.15. The Kier molecular flexibility index (Phi) is 2.39. The summed E-state index contributed by atoms with van der Waals surface area (Å²) in [6, 6.07) is 8.55. The highest BCUT2D eigenvalue weighted by atomic mass is 16.1. The van der Waals surface area contributed by atoms with Crippen molar-refractivity contribution in [1.29, 1.82) is 0 Å². The van der Waals surface area contributed by atoms with Crippen molar-refractivity contribution in [3.8, 4) is 0 Å². The molecule has 1 atom stereocenters. The second-order valence-corrected chi connectivity index (χ2v) is 4.82. The molecule has 1 aliphatic heterocycles. The van der Waals surface area contributed by atoms with Crippen LogP contribution in [0.3, 0.4) is 0 Å². The molecule has 0 aromatic heterocycles. The predicted octanol–water partition coefficient (Wildman–Crippen LogP) is 2.14. The van der Waals surface area contributed by atoms with Gasteiger partial charge in [0.15, 0.2) is 5.78 Å². The summed E-state index contributed by atoms with van der Waals surface area (Å²) in [6.07, 6.45) is 0. The summed E-state index contributed by atoms with van der Waals surface area (Å²) in [6.45, 7) is 7.17. The normalized spacial score (nSPS) is 20.1. The second kappa shape index (κ2) is 3.46. The average molecular weight is 203 g/mol. The van der Waals surface area contributed by atoms with E-state index in [1.54, 1.807) is 6.92 Å². The first-order chi connectivity index (χ1) is 7.01. The van der Waals surface area contributed by atoms with Crippen LogP contribution in [0, 0.1) is 0 Å². The maximum atomic E-state index is 11.1. The van der Waals surface area contributed by atoms with E-state index in [4.69, 9.17) is 0 Å². The maximum absolute atomic E-state index is 11.1. The van der Waals surface area contributed by atoms with Crippen LogP contribution in [-0.4, -0.2) is 18.4 Å². The standard InChI is InChI=1S/C13H17NO/c1-9(15)10-4-6-11(7-5-10)13(2,3)12-8-14-12/h4-7,12,14H,8H2,1-3H3. The van der Waals surface area contributed by atoms with Crippen molar-refractivity contribution < 1.29 is 4.79 Å². The van der Waals surface area contributed by atoms with Crippen molar-refractivity contribution in [3.63, 3.8) is 0 Å². The molecule has 2 nitrogen and oxygen atoms in total. The van der Waals surface area contributed by atoms with Crippen molar-refractivity contribution in [1.82, 2.24) is 5.32 Å². The molecule has 1 aromatic rings. The molecule has 1 aromatic carbocycles.